The molecule has 0 radical (unpaired) electrons. The molecule has 3 heterocycles. The van der Waals surface area contributed by atoms with Crippen molar-refractivity contribution in [3.63, 3.8) is 0 Å². The zero-order valence-corrected chi connectivity index (χ0v) is 21.5. The van der Waals surface area contributed by atoms with Gasteiger partial charge in [-0.3, -0.25) is 14.4 Å². The van der Waals surface area contributed by atoms with Gasteiger partial charge < -0.3 is 25.4 Å². The number of hydrogen-bond acceptors (Lipinski definition) is 5. The molecule has 3 amide bonds. The Bertz CT molecular complexity index is 746. The molecular weight excluding hydrogens is 434 g/mol. The van der Waals surface area contributed by atoms with Crippen LogP contribution >= 0.6 is 0 Å². The van der Waals surface area contributed by atoms with E-state index in [-0.39, 0.29) is 30.4 Å². The Morgan fingerprint density at radius 1 is 1.12 bits per heavy atom. The van der Waals surface area contributed by atoms with Gasteiger partial charge in [0.1, 0.15) is 11.6 Å². The Kier molecular flexibility index (Phi) is 9.01. The number of carbonyl (C=O) groups is 3. The summed E-state index contributed by atoms with van der Waals surface area (Å²) in [6.45, 7) is 9.29. The van der Waals surface area contributed by atoms with Crippen LogP contribution in [-0.4, -0.2) is 70.7 Å². The first-order valence-electron chi connectivity index (χ1n) is 13.5. The van der Waals surface area contributed by atoms with Crippen molar-refractivity contribution >= 4 is 17.7 Å². The summed E-state index contributed by atoms with van der Waals surface area (Å²) in [6, 6.07) is -0.698. The standard InChI is InChI=1S/C26H45N3O5/c1-5-12-18(4)28-23(32)21-26-14-13-25(7-3,34-26)19(22(31)27-15-6-2)20(26)24(33)29(21)16-10-8-9-11-17-30/h18-21,30H,5-17H2,1-4H3,(H,27,31)(H,28,32)/t18?,19-,20+,21?,25+,26?/m1/s1. The Labute approximate surface area is 204 Å². The molecule has 0 aliphatic carbocycles. The second-order valence-corrected chi connectivity index (χ2v) is 10.5. The number of nitrogens with one attached hydrogen (secondary N) is 2. The van der Waals surface area contributed by atoms with Gasteiger partial charge in [-0.1, -0.05) is 40.0 Å². The topological polar surface area (TPSA) is 108 Å². The first-order valence-corrected chi connectivity index (χ1v) is 13.5. The predicted octanol–water partition coefficient (Wildman–Crippen LogP) is 2.52. The summed E-state index contributed by atoms with van der Waals surface area (Å²) >= 11 is 0. The predicted molar refractivity (Wildman–Crippen MR) is 130 cm³/mol. The molecule has 3 aliphatic rings. The highest BCUT2D eigenvalue weighted by molar-refractivity contribution is 5.99. The molecule has 2 bridgehead atoms. The minimum atomic E-state index is -0.942. The number of nitrogens with zero attached hydrogens (tertiary/aromatic N) is 1. The van der Waals surface area contributed by atoms with Crippen molar-refractivity contribution in [3.8, 4) is 0 Å². The van der Waals surface area contributed by atoms with Crippen molar-refractivity contribution in [3.05, 3.63) is 0 Å². The van der Waals surface area contributed by atoms with E-state index in [0.29, 0.717) is 32.4 Å². The molecule has 0 saturated carbocycles. The molecule has 3 fully saturated rings. The molecule has 0 aromatic heterocycles. The second-order valence-electron chi connectivity index (χ2n) is 10.5. The molecule has 3 aliphatic heterocycles. The maximum Gasteiger partial charge on any atom is 0.246 e. The van der Waals surface area contributed by atoms with Crippen LogP contribution in [0.15, 0.2) is 0 Å². The van der Waals surface area contributed by atoms with Crippen LogP contribution in [0.2, 0.25) is 0 Å². The maximum atomic E-state index is 13.9. The normalized spacial score (nSPS) is 32.7. The van der Waals surface area contributed by atoms with Gasteiger partial charge in [0.15, 0.2) is 0 Å². The van der Waals surface area contributed by atoms with Crippen LogP contribution in [0, 0.1) is 11.8 Å². The van der Waals surface area contributed by atoms with E-state index in [1.54, 1.807) is 4.90 Å². The number of unbranched alkanes of at least 4 members (excludes halogenated alkanes) is 3. The molecule has 3 unspecified atom stereocenters. The molecule has 6 atom stereocenters. The Morgan fingerprint density at radius 3 is 2.50 bits per heavy atom. The van der Waals surface area contributed by atoms with E-state index in [1.807, 2.05) is 20.8 Å². The van der Waals surface area contributed by atoms with E-state index in [0.717, 1.165) is 44.9 Å². The molecule has 3 saturated heterocycles. The number of likely N-dealkylation sites (tertiary alicyclic amines) is 1. The molecule has 3 N–H and O–H groups in total. The maximum absolute atomic E-state index is 13.9. The van der Waals surface area contributed by atoms with Gasteiger partial charge in [-0.25, -0.2) is 0 Å². The molecule has 3 rings (SSSR count). The van der Waals surface area contributed by atoms with E-state index in [1.165, 1.54) is 0 Å². The van der Waals surface area contributed by atoms with Crippen LogP contribution in [0.5, 0.6) is 0 Å². The zero-order valence-electron chi connectivity index (χ0n) is 21.5. The summed E-state index contributed by atoms with van der Waals surface area (Å²) in [4.78, 5) is 42.6. The number of hydrogen-bond donors (Lipinski definition) is 3. The summed E-state index contributed by atoms with van der Waals surface area (Å²) in [5.74, 6) is -1.57. The van der Waals surface area contributed by atoms with Crippen molar-refractivity contribution in [1.82, 2.24) is 15.5 Å². The van der Waals surface area contributed by atoms with Crippen LogP contribution in [0.1, 0.15) is 91.9 Å². The fraction of sp³-hybridized carbons (Fsp3) is 0.885. The third kappa shape index (κ3) is 4.72. The summed E-state index contributed by atoms with van der Waals surface area (Å²) < 4.78 is 6.74. The van der Waals surface area contributed by atoms with Crippen LogP contribution in [0.25, 0.3) is 0 Å². The minimum absolute atomic E-state index is 0.0110. The second kappa shape index (κ2) is 11.4. The van der Waals surface area contributed by atoms with Crippen molar-refractivity contribution in [1.29, 1.82) is 0 Å². The third-order valence-corrected chi connectivity index (χ3v) is 8.18. The average Bonchev–Trinajstić information content (AvgIpc) is 3.41. The van der Waals surface area contributed by atoms with Gasteiger partial charge in [-0.2, -0.15) is 0 Å². The van der Waals surface area contributed by atoms with Gasteiger partial charge in [0.2, 0.25) is 17.7 Å². The first kappa shape index (κ1) is 26.9. The monoisotopic (exact) mass is 479 g/mol. The van der Waals surface area contributed by atoms with E-state index >= 15 is 0 Å². The van der Waals surface area contributed by atoms with Crippen molar-refractivity contribution in [2.75, 3.05) is 19.7 Å². The van der Waals surface area contributed by atoms with Gasteiger partial charge in [0.05, 0.1) is 17.4 Å². The highest BCUT2D eigenvalue weighted by Gasteiger charge is 2.78. The number of rotatable bonds is 14. The SMILES string of the molecule is CCCNC(=O)[C@H]1[C@H]2C(=O)N(CCCCCCO)C(C(=O)NC(C)CCC)C23CC[C@]1(CC)O3. The van der Waals surface area contributed by atoms with Crippen molar-refractivity contribution in [2.45, 2.75) is 115 Å². The smallest absolute Gasteiger partial charge is 0.246 e. The summed E-state index contributed by atoms with van der Waals surface area (Å²) in [5.41, 5.74) is -1.62. The van der Waals surface area contributed by atoms with Crippen LogP contribution in [0.3, 0.4) is 0 Å². The Balaban J connectivity index is 1.92. The molecule has 0 aromatic carbocycles. The highest BCUT2D eigenvalue weighted by Crippen LogP contribution is 2.64. The minimum Gasteiger partial charge on any atom is -0.396 e. The fourth-order valence-electron chi connectivity index (χ4n) is 6.59. The van der Waals surface area contributed by atoms with Gasteiger partial charge in [0.25, 0.3) is 0 Å². The van der Waals surface area contributed by atoms with Gasteiger partial charge in [-0.05, 0) is 51.9 Å². The number of amides is 3. The number of carbonyl (C=O) groups excluding carboxylic acids is 3. The van der Waals surface area contributed by atoms with Gasteiger partial charge >= 0.3 is 0 Å². The van der Waals surface area contributed by atoms with Crippen molar-refractivity contribution < 1.29 is 24.2 Å². The molecule has 8 heteroatoms. The van der Waals surface area contributed by atoms with Gasteiger partial charge in [-0.15, -0.1) is 0 Å². The van der Waals surface area contributed by atoms with E-state index in [2.05, 4.69) is 17.6 Å². The molecular formula is C26H45N3O5. The first-order chi connectivity index (χ1) is 16.3. The zero-order chi connectivity index (χ0) is 24.9. The number of ether oxygens (including phenoxy) is 1. The van der Waals surface area contributed by atoms with E-state index < -0.39 is 29.1 Å². The Morgan fingerprint density at radius 2 is 1.85 bits per heavy atom. The van der Waals surface area contributed by atoms with Gasteiger partial charge in [0, 0.05) is 25.7 Å². The lowest BCUT2D eigenvalue weighted by Gasteiger charge is -2.34. The summed E-state index contributed by atoms with van der Waals surface area (Å²) in [7, 11) is 0. The van der Waals surface area contributed by atoms with Crippen LogP contribution in [-0.2, 0) is 19.1 Å². The number of fused-ring (bicyclic) bond motifs is 1. The number of aliphatic hydroxyl groups excluding tert-OH is 1. The van der Waals surface area contributed by atoms with Crippen LogP contribution in [0.4, 0.5) is 0 Å². The fourth-order valence-corrected chi connectivity index (χ4v) is 6.59. The largest absolute Gasteiger partial charge is 0.396 e. The van der Waals surface area contributed by atoms with Crippen molar-refractivity contribution in [2.24, 2.45) is 11.8 Å². The molecule has 194 valence electrons. The highest BCUT2D eigenvalue weighted by atomic mass is 16.5. The van der Waals surface area contributed by atoms with Crippen LogP contribution < -0.4 is 10.6 Å². The summed E-state index contributed by atoms with van der Waals surface area (Å²) in [6.07, 6.45) is 7.86. The molecule has 8 nitrogen and oxygen atoms in total. The molecule has 34 heavy (non-hydrogen) atoms. The number of aliphatic hydroxyl groups is 1. The lowest BCUT2D eigenvalue weighted by molar-refractivity contribution is -0.148. The lowest BCUT2D eigenvalue weighted by atomic mass is 9.65. The third-order valence-electron chi connectivity index (χ3n) is 8.18. The summed E-state index contributed by atoms with van der Waals surface area (Å²) in [5, 5.41) is 15.2. The Hall–Kier alpha value is -1.67. The molecule has 0 aromatic rings. The molecule has 1 spiro atoms. The quantitative estimate of drug-likeness (QED) is 0.332. The lowest BCUT2D eigenvalue weighted by Crippen LogP contribution is -2.56. The van der Waals surface area contributed by atoms with E-state index in [9.17, 15) is 14.4 Å². The van der Waals surface area contributed by atoms with E-state index in [4.69, 9.17) is 9.84 Å². The average molecular weight is 480 g/mol.